The fraction of sp³-hybridized carbons (Fsp3) is 0.350. The average molecular weight is 382 g/mol. The Kier molecular flexibility index (Phi) is 4.70. The van der Waals surface area contributed by atoms with Crippen molar-refractivity contribution in [3.8, 4) is 17.0 Å². The Labute approximate surface area is 161 Å². The first kappa shape index (κ1) is 17.7. The monoisotopic (exact) mass is 382 g/mol. The lowest BCUT2D eigenvalue weighted by Gasteiger charge is -2.11. The van der Waals surface area contributed by atoms with Gasteiger partial charge in [-0.15, -0.1) is 11.3 Å². The number of fused-ring (bicyclic) bond motifs is 1. The van der Waals surface area contributed by atoms with Crippen LogP contribution < -0.4 is 15.8 Å². The lowest BCUT2D eigenvalue weighted by Crippen LogP contribution is -2.06. The molecule has 0 saturated heterocycles. The molecular formula is C20H22N4O2S. The van der Waals surface area contributed by atoms with Crippen molar-refractivity contribution in [2.24, 2.45) is 0 Å². The van der Waals surface area contributed by atoms with Crippen molar-refractivity contribution in [1.82, 2.24) is 9.97 Å². The molecule has 140 valence electrons. The number of methoxy groups -OCH3 is 1. The Bertz CT molecular complexity index is 1010. The minimum Gasteiger partial charge on any atom is -0.496 e. The number of thiophene rings is 1. The summed E-state index contributed by atoms with van der Waals surface area (Å²) in [7, 11) is 1.66. The van der Waals surface area contributed by atoms with Gasteiger partial charge < -0.3 is 20.6 Å². The summed E-state index contributed by atoms with van der Waals surface area (Å²) in [6.45, 7) is 2.01. The van der Waals surface area contributed by atoms with E-state index >= 15 is 0 Å². The molecule has 0 spiro atoms. The normalized spacial score (nSPS) is 13.7. The Hall–Kier alpha value is -2.67. The van der Waals surface area contributed by atoms with Crippen LogP contribution in [0, 0.1) is 6.92 Å². The van der Waals surface area contributed by atoms with Crippen LogP contribution in [-0.2, 0) is 11.2 Å². The smallest absolute Gasteiger partial charge is 0.224 e. The SMILES string of the molecule is COc1cc(-c2nc(NC3CC3)nc3sc(CCC=O)c(N)c23)ccc1C. The van der Waals surface area contributed by atoms with Crippen LogP contribution in [0.2, 0.25) is 0 Å². The minimum absolute atomic E-state index is 0.450. The molecule has 0 aliphatic heterocycles. The quantitative estimate of drug-likeness (QED) is 0.601. The number of aldehydes is 1. The molecule has 3 N–H and O–H groups in total. The molecule has 1 fully saturated rings. The predicted molar refractivity (Wildman–Crippen MR) is 110 cm³/mol. The number of nitrogen functional groups attached to an aromatic ring is 1. The fourth-order valence-corrected chi connectivity index (χ4v) is 4.20. The van der Waals surface area contributed by atoms with Crippen LogP contribution in [0.1, 0.15) is 29.7 Å². The molecule has 0 unspecified atom stereocenters. The van der Waals surface area contributed by atoms with E-state index in [-0.39, 0.29) is 0 Å². The van der Waals surface area contributed by atoms with Gasteiger partial charge in [0.05, 0.1) is 23.9 Å². The number of nitrogens with two attached hydrogens (primary N) is 1. The molecule has 1 aliphatic rings. The lowest BCUT2D eigenvalue weighted by molar-refractivity contribution is -0.107. The number of hydrogen-bond acceptors (Lipinski definition) is 7. The van der Waals surface area contributed by atoms with E-state index in [9.17, 15) is 4.79 Å². The number of anilines is 2. The second kappa shape index (κ2) is 7.15. The number of nitrogens with zero attached hydrogens (tertiary/aromatic N) is 2. The molecule has 7 heteroatoms. The maximum absolute atomic E-state index is 10.8. The number of nitrogens with one attached hydrogen (secondary N) is 1. The van der Waals surface area contributed by atoms with Crippen molar-refractivity contribution in [2.75, 3.05) is 18.2 Å². The van der Waals surface area contributed by atoms with Gasteiger partial charge in [0.2, 0.25) is 5.95 Å². The molecule has 0 amide bonds. The van der Waals surface area contributed by atoms with Crippen LogP contribution in [-0.4, -0.2) is 29.4 Å². The Balaban J connectivity index is 1.89. The molecule has 27 heavy (non-hydrogen) atoms. The van der Waals surface area contributed by atoms with E-state index in [0.717, 1.165) is 56.8 Å². The molecule has 2 heterocycles. The topological polar surface area (TPSA) is 90.1 Å². The third-order valence-electron chi connectivity index (χ3n) is 4.75. The highest BCUT2D eigenvalue weighted by atomic mass is 32.1. The highest BCUT2D eigenvalue weighted by molar-refractivity contribution is 7.19. The van der Waals surface area contributed by atoms with E-state index in [1.807, 2.05) is 25.1 Å². The summed E-state index contributed by atoms with van der Waals surface area (Å²) in [4.78, 5) is 22.1. The number of benzene rings is 1. The predicted octanol–water partition coefficient (Wildman–Crippen LogP) is 3.96. The number of carbonyl (C=O) groups is 1. The Morgan fingerprint density at radius 3 is 2.89 bits per heavy atom. The van der Waals surface area contributed by atoms with Crippen molar-refractivity contribution >= 4 is 39.5 Å². The minimum atomic E-state index is 0.450. The van der Waals surface area contributed by atoms with E-state index < -0.39 is 0 Å². The molecule has 1 aliphatic carbocycles. The zero-order valence-corrected chi connectivity index (χ0v) is 16.2. The Morgan fingerprint density at radius 2 is 2.19 bits per heavy atom. The van der Waals surface area contributed by atoms with Gasteiger partial charge in [0, 0.05) is 22.9 Å². The van der Waals surface area contributed by atoms with Gasteiger partial charge >= 0.3 is 0 Å². The number of ether oxygens (including phenoxy) is 1. The van der Waals surface area contributed by atoms with Gasteiger partial charge in [0.1, 0.15) is 16.9 Å². The van der Waals surface area contributed by atoms with Gasteiger partial charge in [0.25, 0.3) is 0 Å². The van der Waals surface area contributed by atoms with Crippen LogP contribution in [0.4, 0.5) is 11.6 Å². The van der Waals surface area contributed by atoms with Crippen molar-refractivity contribution in [3.63, 3.8) is 0 Å². The fourth-order valence-electron chi connectivity index (χ4n) is 3.09. The maximum atomic E-state index is 10.8. The van der Waals surface area contributed by atoms with Gasteiger partial charge in [0.15, 0.2) is 0 Å². The largest absolute Gasteiger partial charge is 0.496 e. The lowest BCUT2D eigenvalue weighted by atomic mass is 10.0. The van der Waals surface area contributed by atoms with Gasteiger partial charge in [-0.25, -0.2) is 9.97 Å². The first-order chi connectivity index (χ1) is 13.1. The number of aromatic nitrogens is 2. The summed E-state index contributed by atoms with van der Waals surface area (Å²) in [5, 5.41) is 4.24. The van der Waals surface area contributed by atoms with E-state index in [0.29, 0.717) is 30.5 Å². The zero-order valence-electron chi connectivity index (χ0n) is 15.4. The summed E-state index contributed by atoms with van der Waals surface area (Å²) >= 11 is 1.54. The van der Waals surface area contributed by atoms with Crippen LogP contribution in [0.15, 0.2) is 18.2 Å². The van der Waals surface area contributed by atoms with Gasteiger partial charge in [-0.05, 0) is 37.8 Å². The summed E-state index contributed by atoms with van der Waals surface area (Å²) in [5.41, 5.74) is 9.92. The highest BCUT2D eigenvalue weighted by Gasteiger charge is 2.24. The van der Waals surface area contributed by atoms with Crippen molar-refractivity contribution in [2.45, 2.75) is 38.6 Å². The molecule has 4 rings (SSSR count). The highest BCUT2D eigenvalue weighted by Crippen LogP contribution is 2.40. The summed E-state index contributed by atoms with van der Waals surface area (Å²) in [6, 6.07) is 6.49. The van der Waals surface area contributed by atoms with Crippen molar-refractivity contribution < 1.29 is 9.53 Å². The van der Waals surface area contributed by atoms with E-state index in [2.05, 4.69) is 10.3 Å². The van der Waals surface area contributed by atoms with Gasteiger partial charge in [-0.2, -0.15) is 0 Å². The maximum Gasteiger partial charge on any atom is 0.224 e. The van der Waals surface area contributed by atoms with Gasteiger partial charge in [-0.3, -0.25) is 0 Å². The molecule has 0 radical (unpaired) electrons. The summed E-state index contributed by atoms with van der Waals surface area (Å²) in [5.74, 6) is 1.44. The first-order valence-corrected chi connectivity index (χ1v) is 9.86. The molecule has 1 aromatic carbocycles. The molecular weight excluding hydrogens is 360 g/mol. The Morgan fingerprint density at radius 1 is 1.37 bits per heavy atom. The molecule has 0 atom stereocenters. The number of aryl methyl sites for hydroxylation is 2. The van der Waals surface area contributed by atoms with Crippen LogP contribution in [0.25, 0.3) is 21.5 Å². The second-order valence-electron chi connectivity index (χ2n) is 6.82. The third kappa shape index (κ3) is 3.47. The van der Waals surface area contributed by atoms with E-state index in [4.69, 9.17) is 15.5 Å². The summed E-state index contributed by atoms with van der Waals surface area (Å²) < 4.78 is 5.49. The van der Waals surface area contributed by atoms with Crippen LogP contribution in [0.5, 0.6) is 5.75 Å². The van der Waals surface area contributed by atoms with E-state index in [1.165, 1.54) is 0 Å². The summed E-state index contributed by atoms with van der Waals surface area (Å²) in [6.07, 6.45) is 4.28. The molecule has 6 nitrogen and oxygen atoms in total. The van der Waals surface area contributed by atoms with Crippen molar-refractivity contribution in [3.05, 3.63) is 28.6 Å². The second-order valence-corrected chi connectivity index (χ2v) is 7.91. The molecule has 3 aromatic rings. The number of hydrogen-bond donors (Lipinski definition) is 2. The van der Waals surface area contributed by atoms with Crippen LogP contribution in [0.3, 0.4) is 0 Å². The average Bonchev–Trinajstić information content (AvgIpc) is 3.42. The number of rotatable bonds is 7. The van der Waals surface area contributed by atoms with Gasteiger partial charge in [-0.1, -0.05) is 12.1 Å². The first-order valence-electron chi connectivity index (χ1n) is 9.04. The van der Waals surface area contributed by atoms with Crippen LogP contribution >= 0.6 is 11.3 Å². The standard InChI is InChI=1S/C20H22N4O2S/c1-11-5-6-12(10-14(11)26-2)18-16-17(21)15(4-3-9-25)27-19(16)24-20(23-18)22-13-7-8-13/h5-6,9-10,13H,3-4,7-8,21H2,1-2H3,(H,22,23,24). The number of carbonyl (C=O) groups excluding carboxylic acids is 1. The third-order valence-corrected chi connectivity index (χ3v) is 5.91. The molecule has 2 aromatic heterocycles. The molecule has 0 bridgehead atoms. The zero-order chi connectivity index (χ0) is 19.0. The molecule has 1 saturated carbocycles. The van der Waals surface area contributed by atoms with E-state index in [1.54, 1.807) is 18.4 Å². The van der Waals surface area contributed by atoms with Crippen molar-refractivity contribution in [1.29, 1.82) is 0 Å².